The van der Waals surface area contributed by atoms with Crippen molar-refractivity contribution in [1.29, 1.82) is 0 Å². The van der Waals surface area contributed by atoms with E-state index >= 15 is 0 Å². The number of rotatable bonds is 10. The smallest absolute Gasteiger partial charge is 0.318 e. The molecule has 0 unspecified atom stereocenters. The number of methoxy groups -OCH3 is 2. The Hall–Kier alpha value is -3.57. The minimum atomic E-state index is -0.415. The lowest BCUT2D eigenvalue weighted by Crippen LogP contribution is -2.50. The highest BCUT2D eigenvalue weighted by Gasteiger charge is 2.37. The molecule has 1 saturated heterocycles. The van der Waals surface area contributed by atoms with Crippen LogP contribution in [0.1, 0.15) is 37.6 Å². The van der Waals surface area contributed by atoms with Crippen molar-refractivity contribution in [2.45, 2.75) is 32.4 Å². The van der Waals surface area contributed by atoms with E-state index in [0.29, 0.717) is 44.2 Å². The van der Waals surface area contributed by atoms with Crippen molar-refractivity contribution >= 4 is 17.6 Å². The van der Waals surface area contributed by atoms with Gasteiger partial charge in [0, 0.05) is 57.4 Å². The van der Waals surface area contributed by atoms with Crippen LogP contribution in [0.2, 0.25) is 0 Å². The Bertz CT molecular complexity index is 1170. The summed E-state index contributed by atoms with van der Waals surface area (Å²) in [6.45, 7) is 7.74. The minimum Gasteiger partial charge on any atom is -0.497 e. The zero-order valence-electron chi connectivity index (χ0n) is 23.6. The number of urea groups is 1. The van der Waals surface area contributed by atoms with Gasteiger partial charge in [-0.3, -0.25) is 9.69 Å². The average Bonchev–Trinajstić information content (AvgIpc) is 3.57. The van der Waals surface area contributed by atoms with E-state index in [-0.39, 0.29) is 24.5 Å². The summed E-state index contributed by atoms with van der Waals surface area (Å²) in [5.74, 6) is 1.03. The fraction of sp³-hybridized carbons (Fsp3) is 0.536. The molecule has 0 aliphatic carbocycles. The molecule has 1 aromatic heterocycles. The van der Waals surface area contributed by atoms with Crippen molar-refractivity contribution in [3.05, 3.63) is 47.8 Å². The van der Waals surface area contributed by atoms with Gasteiger partial charge in [-0.05, 0) is 44.2 Å². The van der Waals surface area contributed by atoms with Crippen LogP contribution >= 0.6 is 0 Å². The van der Waals surface area contributed by atoms with Crippen LogP contribution in [-0.2, 0) is 16.6 Å². The number of aryl methyl sites for hydroxylation is 1. The van der Waals surface area contributed by atoms with Crippen LogP contribution in [0.15, 0.2) is 41.6 Å². The number of nitrogens with zero attached hydrogens (tertiary/aromatic N) is 5. The first kappa shape index (κ1) is 28.4. The van der Waals surface area contributed by atoms with Crippen LogP contribution in [0.5, 0.6) is 11.5 Å². The molecule has 1 fully saturated rings. The predicted molar refractivity (Wildman–Crippen MR) is 148 cm³/mol. The standard InChI is InChI=1S/C28H40N6O5/c1-20(2)29-28(36)33(12-11-32-13-15-39-16-14-32)19-27(35)34-25(18-23(30-34)24-7-6-10-31(24)3)22-17-21(37-4)8-9-26(22)38-5/h6-10,17,20,25H,11-16,18-19H2,1-5H3,(H,29,36)/t25-/m1/s1. The zero-order chi connectivity index (χ0) is 27.9. The molecule has 2 aliphatic heterocycles. The topological polar surface area (TPSA) is 101 Å². The summed E-state index contributed by atoms with van der Waals surface area (Å²) < 4.78 is 18.6. The number of benzene rings is 1. The number of nitrogens with one attached hydrogen (secondary N) is 1. The van der Waals surface area contributed by atoms with E-state index in [1.54, 1.807) is 19.1 Å². The second-order valence-electron chi connectivity index (χ2n) is 10.1. The van der Waals surface area contributed by atoms with Crippen LogP contribution in [0, 0.1) is 0 Å². The van der Waals surface area contributed by atoms with Gasteiger partial charge in [-0.2, -0.15) is 5.10 Å². The van der Waals surface area contributed by atoms with Crippen LogP contribution in [0.25, 0.3) is 0 Å². The molecule has 0 saturated carbocycles. The predicted octanol–water partition coefficient (Wildman–Crippen LogP) is 2.47. The van der Waals surface area contributed by atoms with Crippen molar-refractivity contribution in [1.82, 2.24) is 24.7 Å². The third-order valence-electron chi connectivity index (χ3n) is 7.02. The van der Waals surface area contributed by atoms with E-state index in [0.717, 1.165) is 30.1 Å². The zero-order valence-corrected chi connectivity index (χ0v) is 23.6. The fourth-order valence-corrected chi connectivity index (χ4v) is 4.91. The van der Waals surface area contributed by atoms with Crippen LogP contribution in [0.3, 0.4) is 0 Å². The summed E-state index contributed by atoms with van der Waals surface area (Å²) in [4.78, 5) is 30.9. The molecular formula is C28H40N6O5. The Balaban J connectivity index is 1.62. The Kier molecular flexibility index (Phi) is 9.47. The number of amides is 3. The molecule has 39 heavy (non-hydrogen) atoms. The first-order valence-electron chi connectivity index (χ1n) is 13.4. The molecule has 2 aliphatic rings. The third-order valence-corrected chi connectivity index (χ3v) is 7.02. The summed E-state index contributed by atoms with van der Waals surface area (Å²) in [6.07, 6.45) is 2.45. The fourth-order valence-electron chi connectivity index (χ4n) is 4.91. The Labute approximate surface area is 230 Å². The van der Waals surface area contributed by atoms with Crippen molar-refractivity contribution in [2.75, 3.05) is 60.2 Å². The Morgan fingerprint density at radius 2 is 1.95 bits per heavy atom. The van der Waals surface area contributed by atoms with E-state index in [2.05, 4.69) is 10.2 Å². The molecule has 0 radical (unpaired) electrons. The van der Waals surface area contributed by atoms with E-state index in [9.17, 15) is 9.59 Å². The summed E-state index contributed by atoms with van der Waals surface area (Å²) in [5, 5.41) is 9.24. The molecule has 2 aromatic rings. The maximum Gasteiger partial charge on any atom is 0.318 e. The average molecular weight is 541 g/mol. The van der Waals surface area contributed by atoms with E-state index in [1.807, 2.05) is 62.0 Å². The van der Waals surface area contributed by atoms with Gasteiger partial charge in [0.2, 0.25) is 0 Å². The van der Waals surface area contributed by atoms with Crippen LogP contribution in [-0.4, -0.2) is 103 Å². The Morgan fingerprint density at radius 3 is 2.59 bits per heavy atom. The molecule has 1 aromatic carbocycles. The lowest BCUT2D eigenvalue weighted by Gasteiger charge is -2.31. The highest BCUT2D eigenvalue weighted by Crippen LogP contribution is 2.39. The molecule has 3 amide bonds. The van der Waals surface area contributed by atoms with Gasteiger partial charge in [0.25, 0.3) is 5.91 Å². The lowest BCUT2D eigenvalue weighted by atomic mass is 9.99. The molecule has 3 heterocycles. The largest absolute Gasteiger partial charge is 0.497 e. The molecule has 4 rings (SSSR count). The molecule has 1 atom stereocenters. The van der Waals surface area contributed by atoms with Crippen molar-refractivity contribution in [3.8, 4) is 11.5 Å². The van der Waals surface area contributed by atoms with Gasteiger partial charge in [-0.25, -0.2) is 9.80 Å². The normalized spacial score (nSPS) is 17.7. The summed E-state index contributed by atoms with van der Waals surface area (Å²) in [5.41, 5.74) is 2.51. The van der Waals surface area contributed by atoms with Crippen LogP contribution in [0.4, 0.5) is 4.79 Å². The second-order valence-corrected chi connectivity index (χ2v) is 10.1. The van der Waals surface area contributed by atoms with Gasteiger partial charge in [-0.1, -0.05) is 0 Å². The Morgan fingerprint density at radius 1 is 1.18 bits per heavy atom. The van der Waals surface area contributed by atoms with Gasteiger partial charge < -0.3 is 29.0 Å². The van der Waals surface area contributed by atoms with E-state index in [1.165, 1.54) is 5.01 Å². The number of aromatic nitrogens is 1. The molecule has 0 bridgehead atoms. The lowest BCUT2D eigenvalue weighted by molar-refractivity contribution is -0.133. The highest BCUT2D eigenvalue weighted by molar-refractivity contribution is 6.02. The number of hydrogen-bond donors (Lipinski definition) is 1. The van der Waals surface area contributed by atoms with E-state index < -0.39 is 6.04 Å². The molecule has 11 nitrogen and oxygen atoms in total. The van der Waals surface area contributed by atoms with Crippen LogP contribution < -0.4 is 14.8 Å². The van der Waals surface area contributed by atoms with Crippen molar-refractivity contribution in [2.24, 2.45) is 12.1 Å². The quantitative estimate of drug-likeness (QED) is 0.497. The van der Waals surface area contributed by atoms with Crippen molar-refractivity contribution in [3.63, 3.8) is 0 Å². The molecule has 1 N–H and O–H groups in total. The van der Waals surface area contributed by atoms with Gasteiger partial charge in [0.05, 0.1) is 44.9 Å². The molecular weight excluding hydrogens is 500 g/mol. The number of hydrazone groups is 1. The number of ether oxygens (including phenoxy) is 3. The van der Waals surface area contributed by atoms with Gasteiger partial charge in [-0.15, -0.1) is 0 Å². The first-order valence-corrected chi connectivity index (χ1v) is 13.4. The summed E-state index contributed by atoms with van der Waals surface area (Å²) in [7, 11) is 5.16. The number of morpholine rings is 1. The summed E-state index contributed by atoms with van der Waals surface area (Å²) >= 11 is 0. The number of carbonyl (C=O) groups is 2. The highest BCUT2D eigenvalue weighted by atomic mass is 16.5. The van der Waals surface area contributed by atoms with Crippen molar-refractivity contribution < 1.29 is 23.8 Å². The van der Waals surface area contributed by atoms with Gasteiger partial charge in [0.15, 0.2) is 0 Å². The van der Waals surface area contributed by atoms with Gasteiger partial charge >= 0.3 is 6.03 Å². The van der Waals surface area contributed by atoms with Gasteiger partial charge in [0.1, 0.15) is 18.0 Å². The monoisotopic (exact) mass is 540 g/mol. The maximum absolute atomic E-state index is 13.9. The number of hydrogen-bond acceptors (Lipinski definition) is 7. The second kappa shape index (κ2) is 13.0. The number of carbonyl (C=O) groups excluding carboxylic acids is 2. The molecule has 0 spiro atoms. The molecule has 212 valence electrons. The SMILES string of the molecule is COc1ccc(OC)c([C@H]2CC(c3cccn3C)=NN2C(=O)CN(CCN2CCOCC2)C(=O)NC(C)C)c1. The third kappa shape index (κ3) is 6.90. The first-order chi connectivity index (χ1) is 18.8. The maximum atomic E-state index is 13.9. The van der Waals surface area contributed by atoms with E-state index in [4.69, 9.17) is 19.3 Å². The minimum absolute atomic E-state index is 0.0546. The molecule has 11 heteroatoms. The summed E-state index contributed by atoms with van der Waals surface area (Å²) in [6, 6.07) is 8.74.